The predicted molar refractivity (Wildman–Crippen MR) is 99.2 cm³/mol. The summed E-state index contributed by atoms with van der Waals surface area (Å²) >= 11 is 2.09. The quantitative estimate of drug-likeness (QED) is 0.492. The number of carbonyl (C=O) groups is 3. The minimum Gasteiger partial charge on any atom is -0.483 e. The molecule has 0 radical (unpaired) electrons. The highest BCUT2D eigenvalue weighted by molar-refractivity contribution is 14.1. The van der Waals surface area contributed by atoms with Crippen LogP contribution >= 0.6 is 22.6 Å². The van der Waals surface area contributed by atoms with Crippen LogP contribution in [0.4, 0.5) is 5.69 Å². The number of anilines is 1. The summed E-state index contributed by atoms with van der Waals surface area (Å²) < 4.78 is 11.0. The van der Waals surface area contributed by atoms with Gasteiger partial charge in [-0.15, -0.1) is 0 Å². The first-order valence-corrected chi connectivity index (χ1v) is 8.27. The summed E-state index contributed by atoms with van der Waals surface area (Å²) in [7, 11) is 0. The summed E-state index contributed by atoms with van der Waals surface area (Å²) in [6.07, 6.45) is 0. The summed E-state index contributed by atoms with van der Waals surface area (Å²) in [5, 5.41) is 2.66. The lowest BCUT2D eigenvalue weighted by molar-refractivity contribution is -0.120. The molecule has 0 unspecified atom stereocenters. The van der Waals surface area contributed by atoms with Gasteiger partial charge in [0.05, 0.1) is 5.69 Å². The summed E-state index contributed by atoms with van der Waals surface area (Å²) in [4.78, 5) is 34.8. The van der Waals surface area contributed by atoms with Crippen molar-refractivity contribution < 1.29 is 23.9 Å². The van der Waals surface area contributed by atoms with Crippen molar-refractivity contribution >= 4 is 46.1 Å². The molecule has 0 fully saturated rings. The fourth-order valence-corrected chi connectivity index (χ4v) is 2.39. The summed E-state index contributed by atoms with van der Waals surface area (Å²) in [5.41, 5.74) is 5.75. The van der Waals surface area contributed by atoms with Gasteiger partial charge in [0.2, 0.25) is 0 Å². The van der Waals surface area contributed by atoms with Crippen molar-refractivity contribution in [3.05, 3.63) is 57.7 Å². The van der Waals surface area contributed by atoms with Crippen LogP contribution in [0.5, 0.6) is 5.75 Å². The first-order valence-electron chi connectivity index (χ1n) is 7.19. The fraction of sp³-hybridized carbons (Fsp3) is 0.118. The van der Waals surface area contributed by atoms with Crippen LogP contribution in [0.2, 0.25) is 0 Å². The van der Waals surface area contributed by atoms with E-state index >= 15 is 0 Å². The Hall–Kier alpha value is -2.62. The van der Waals surface area contributed by atoms with E-state index in [2.05, 4.69) is 27.9 Å². The molecule has 0 saturated heterocycles. The van der Waals surface area contributed by atoms with Crippen LogP contribution in [0.1, 0.15) is 10.4 Å². The molecule has 0 heterocycles. The maximum Gasteiger partial charge on any atom is 0.342 e. The molecule has 7 nitrogen and oxygen atoms in total. The number of hydrogen-bond donors (Lipinski definition) is 2. The number of carbonyl (C=O) groups excluding carboxylic acids is 3. The number of esters is 1. The Morgan fingerprint density at radius 3 is 2.40 bits per heavy atom. The van der Waals surface area contributed by atoms with E-state index < -0.39 is 24.4 Å². The molecule has 0 saturated carbocycles. The van der Waals surface area contributed by atoms with Crippen LogP contribution in [0.15, 0.2) is 48.5 Å². The van der Waals surface area contributed by atoms with E-state index in [9.17, 15) is 14.4 Å². The summed E-state index contributed by atoms with van der Waals surface area (Å²) in [6.45, 7) is -0.814. The van der Waals surface area contributed by atoms with E-state index in [1.165, 1.54) is 12.1 Å². The molecule has 0 bridgehead atoms. The largest absolute Gasteiger partial charge is 0.483 e. The maximum absolute atomic E-state index is 12.1. The van der Waals surface area contributed by atoms with Gasteiger partial charge in [-0.25, -0.2) is 4.79 Å². The smallest absolute Gasteiger partial charge is 0.342 e. The molecule has 130 valence electrons. The van der Waals surface area contributed by atoms with Crippen LogP contribution in [-0.2, 0) is 14.3 Å². The number of para-hydroxylation sites is 2. The van der Waals surface area contributed by atoms with Crippen LogP contribution < -0.4 is 15.8 Å². The molecule has 2 aromatic carbocycles. The zero-order valence-electron chi connectivity index (χ0n) is 13.0. The number of amides is 2. The Morgan fingerprint density at radius 1 is 1.00 bits per heavy atom. The van der Waals surface area contributed by atoms with E-state index in [-0.39, 0.29) is 17.9 Å². The van der Waals surface area contributed by atoms with Crippen LogP contribution in [-0.4, -0.2) is 31.0 Å². The molecule has 0 aliphatic carbocycles. The normalized spacial score (nSPS) is 9.96. The number of benzene rings is 2. The molecule has 2 amide bonds. The second kappa shape index (κ2) is 9.02. The topological polar surface area (TPSA) is 108 Å². The molecule has 8 heteroatoms. The summed E-state index contributed by atoms with van der Waals surface area (Å²) in [5.74, 6) is -1.71. The molecular formula is C17H15IN2O5. The Bertz CT molecular complexity index is 794. The van der Waals surface area contributed by atoms with E-state index in [1.54, 1.807) is 24.3 Å². The standard InChI is InChI=1S/C17H15IN2O5/c18-12-6-2-3-7-13(12)20-16(22)10-25-17(23)11-5-1-4-8-14(11)24-9-15(19)21/h1-8H,9-10H2,(H2,19,21)(H,20,22). The Labute approximate surface area is 157 Å². The first kappa shape index (κ1) is 18.7. The number of rotatable bonds is 7. The van der Waals surface area contributed by atoms with Crippen molar-refractivity contribution in [1.29, 1.82) is 0 Å². The number of hydrogen-bond acceptors (Lipinski definition) is 5. The van der Waals surface area contributed by atoms with Gasteiger partial charge in [-0.1, -0.05) is 24.3 Å². The minimum atomic E-state index is -0.738. The molecule has 0 atom stereocenters. The van der Waals surface area contributed by atoms with Gasteiger partial charge in [0, 0.05) is 3.57 Å². The third-order valence-corrected chi connectivity index (χ3v) is 3.90. The van der Waals surface area contributed by atoms with Crippen LogP contribution in [0.3, 0.4) is 0 Å². The van der Waals surface area contributed by atoms with Gasteiger partial charge in [0.1, 0.15) is 11.3 Å². The van der Waals surface area contributed by atoms with Gasteiger partial charge in [-0.3, -0.25) is 9.59 Å². The highest BCUT2D eigenvalue weighted by Gasteiger charge is 2.16. The van der Waals surface area contributed by atoms with Gasteiger partial charge < -0.3 is 20.5 Å². The monoisotopic (exact) mass is 454 g/mol. The minimum absolute atomic E-state index is 0.103. The predicted octanol–water partition coefficient (Wildman–Crippen LogP) is 1.95. The van der Waals surface area contributed by atoms with Crippen molar-refractivity contribution in [3.8, 4) is 5.75 Å². The first-order chi connectivity index (χ1) is 12.0. The average molecular weight is 454 g/mol. The van der Waals surface area contributed by atoms with E-state index in [0.29, 0.717) is 5.69 Å². The Morgan fingerprint density at radius 2 is 1.68 bits per heavy atom. The van der Waals surface area contributed by atoms with Crippen molar-refractivity contribution in [1.82, 2.24) is 0 Å². The zero-order chi connectivity index (χ0) is 18.2. The lowest BCUT2D eigenvalue weighted by Gasteiger charge is -2.11. The maximum atomic E-state index is 12.1. The molecule has 0 aliphatic heterocycles. The third kappa shape index (κ3) is 5.75. The van der Waals surface area contributed by atoms with E-state index in [0.717, 1.165) is 3.57 Å². The van der Waals surface area contributed by atoms with Gasteiger partial charge in [-0.05, 0) is 46.9 Å². The van der Waals surface area contributed by atoms with Gasteiger partial charge in [0.15, 0.2) is 13.2 Å². The Kier molecular flexibility index (Phi) is 6.75. The van der Waals surface area contributed by atoms with Gasteiger partial charge in [-0.2, -0.15) is 0 Å². The Balaban J connectivity index is 1.95. The van der Waals surface area contributed by atoms with Gasteiger partial charge >= 0.3 is 5.97 Å². The van der Waals surface area contributed by atoms with Crippen molar-refractivity contribution in [3.63, 3.8) is 0 Å². The third-order valence-electron chi connectivity index (χ3n) is 2.96. The van der Waals surface area contributed by atoms with Crippen molar-refractivity contribution in [2.45, 2.75) is 0 Å². The summed E-state index contributed by atoms with van der Waals surface area (Å²) in [6, 6.07) is 13.4. The van der Waals surface area contributed by atoms with Crippen molar-refractivity contribution in [2.75, 3.05) is 18.5 Å². The lowest BCUT2D eigenvalue weighted by Crippen LogP contribution is -2.23. The van der Waals surface area contributed by atoms with E-state index in [4.69, 9.17) is 15.2 Å². The molecule has 3 N–H and O–H groups in total. The molecule has 25 heavy (non-hydrogen) atoms. The molecule has 0 aromatic heterocycles. The highest BCUT2D eigenvalue weighted by Crippen LogP contribution is 2.19. The second-order valence-corrected chi connectivity index (χ2v) is 6.02. The molecular weight excluding hydrogens is 439 g/mol. The molecule has 0 aliphatic rings. The van der Waals surface area contributed by atoms with Crippen LogP contribution in [0.25, 0.3) is 0 Å². The van der Waals surface area contributed by atoms with E-state index in [1.807, 2.05) is 12.1 Å². The zero-order valence-corrected chi connectivity index (χ0v) is 15.2. The molecule has 0 spiro atoms. The second-order valence-electron chi connectivity index (χ2n) is 4.86. The van der Waals surface area contributed by atoms with Crippen LogP contribution in [0, 0.1) is 3.57 Å². The number of nitrogens with one attached hydrogen (secondary N) is 1. The SMILES string of the molecule is NC(=O)COc1ccccc1C(=O)OCC(=O)Nc1ccccc1I. The highest BCUT2D eigenvalue weighted by atomic mass is 127. The van der Waals surface area contributed by atoms with Crippen molar-refractivity contribution in [2.24, 2.45) is 5.73 Å². The lowest BCUT2D eigenvalue weighted by atomic mass is 10.2. The molecule has 2 rings (SSSR count). The molecule has 2 aromatic rings. The average Bonchev–Trinajstić information content (AvgIpc) is 2.60. The number of nitrogens with two attached hydrogens (primary N) is 1. The number of primary amides is 1. The number of halogens is 1. The number of ether oxygens (including phenoxy) is 2. The van der Waals surface area contributed by atoms with Gasteiger partial charge in [0.25, 0.3) is 11.8 Å². The fourth-order valence-electron chi connectivity index (χ4n) is 1.87.